The second-order valence-electron chi connectivity index (χ2n) is 2.05. The number of rotatable bonds is 2. The van der Waals surface area contributed by atoms with Crippen LogP contribution in [0.2, 0.25) is 0 Å². The lowest BCUT2D eigenvalue weighted by Gasteiger charge is -2.02. The van der Waals surface area contributed by atoms with E-state index in [1.54, 1.807) is 0 Å². The van der Waals surface area contributed by atoms with Crippen LogP contribution in [0.1, 0.15) is 10.4 Å². The first-order valence-corrected chi connectivity index (χ1v) is 3.11. The van der Waals surface area contributed by atoms with Crippen molar-refractivity contribution in [3.63, 3.8) is 0 Å². The standard InChI is InChI=1S/C7H7NO4/c1-12-5-3-8-6(9)2-4(5)7(10)11/h2-3H,1H3,(H,8,9)(H,10,11). The van der Waals surface area contributed by atoms with E-state index in [1.165, 1.54) is 7.11 Å². The van der Waals surface area contributed by atoms with Gasteiger partial charge in [-0.25, -0.2) is 9.78 Å². The monoisotopic (exact) mass is 169 g/mol. The van der Waals surface area contributed by atoms with Crippen LogP contribution in [-0.4, -0.2) is 28.3 Å². The quantitative estimate of drug-likeness (QED) is 0.673. The molecule has 0 unspecified atom stereocenters. The van der Waals surface area contributed by atoms with Crippen molar-refractivity contribution >= 4 is 5.97 Å². The summed E-state index contributed by atoms with van der Waals surface area (Å²) in [5.41, 5.74) is -0.106. The van der Waals surface area contributed by atoms with E-state index in [0.717, 1.165) is 12.3 Å². The number of ether oxygens (including phenoxy) is 1. The molecule has 1 aromatic rings. The molecule has 1 heterocycles. The third-order valence-corrected chi connectivity index (χ3v) is 1.30. The van der Waals surface area contributed by atoms with E-state index >= 15 is 0 Å². The smallest absolute Gasteiger partial charge is 0.339 e. The largest absolute Gasteiger partial charge is 0.494 e. The Labute approximate surface area is 68.2 Å². The van der Waals surface area contributed by atoms with Crippen molar-refractivity contribution < 1.29 is 19.7 Å². The highest BCUT2D eigenvalue weighted by Crippen LogP contribution is 2.19. The molecule has 0 aromatic carbocycles. The molecule has 0 spiro atoms. The number of pyridine rings is 1. The molecule has 64 valence electrons. The van der Waals surface area contributed by atoms with Gasteiger partial charge in [0.2, 0.25) is 5.88 Å². The zero-order valence-corrected chi connectivity index (χ0v) is 6.31. The molecule has 0 atom stereocenters. The van der Waals surface area contributed by atoms with Gasteiger partial charge in [0.05, 0.1) is 13.3 Å². The summed E-state index contributed by atoms with van der Waals surface area (Å²) in [4.78, 5) is 14.0. The highest BCUT2D eigenvalue weighted by Gasteiger charge is 2.11. The number of methoxy groups -OCH3 is 1. The van der Waals surface area contributed by atoms with E-state index in [0.29, 0.717) is 0 Å². The SMILES string of the molecule is COc1cnc(O)cc1C(=O)O. The van der Waals surface area contributed by atoms with Crippen LogP contribution in [0.4, 0.5) is 0 Å². The fourth-order valence-corrected chi connectivity index (χ4v) is 0.762. The lowest BCUT2D eigenvalue weighted by Crippen LogP contribution is -2.00. The van der Waals surface area contributed by atoms with E-state index < -0.39 is 5.97 Å². The molecule has 0 bridgehead atoms. The molecule has 0 saturated heterocycles. The molecule has 0 fully saturated rings. The Morgan fingerprint density at radius 1 is 1.67 bits per heavy atom. The summed E-state index contributed by atoms with van der Waals surface area (Å²) < 4.78 is 4.71. The van der Waals surface area contributed by atoms with Gasteiger partial charge in [0, 0.05) is 6.07 Å². The normalized spacial score (nSPS) is 9.42. The van der Waals surface area contributed by atoms with Crippen LogP contribution in [0.15, 0.2) is 12.3 Å². The number of hydrogen-bond donors (Lipinski definition) is 2. The van der Waals surface area contributed by atoms with Crippen molar-refractivity contribution in [3.8, 4) is 11.6 Å². The van der Waals surface area contributed by atoms with Crippen LogP contribution in [-0.2, 0) is 0 Å². The van der Waals surface area contributed by atoms with Crippen molar-refractivity contribution in [1.82, 2.24) is 4.98 Å². The van der Waals surface area contributed by atoms with Crippen LogP contribution in [0.5, 0.6) is 11.6 Å². The fraction of sp³-hybridized carbons (Fsp3) is 0.143. The minimum absolute atomic E-state index is 0.106. The molecule has 0 saturated carbocycles. The van der Waals surface area contributed by atoms with Gasteiger partial charge in [0.15, 0.2) is 5.75 Å². The Balaban J connectivity index is 3.21. The van der Waals surface area contributed by atoms with Gasteiger partial charge in [0.1, 0.15) is 5.56 Å². The Hall–Kier alpha value is -1.78. The van der Waals surface area contributed by atoms with Crippen LogP contribution in [0, 0.1) is 0 Å². The van der Waals surface area contributed by atoms with E-state index in [9.17, 15) is 4.79 Å². The summed E-state index contributed by atoms with van der Waals surface area (Å²) in [6.07, 6.45) is 1.15. The summed E-state index contributed by atoms with van der Waals surface area (Å²) in [6.45, 7) is 0. The van der Waals surface area contributed by atoms with Crippen molar-refractivity contribution in [2.24, 2.45) is 0 Å². The maximum Gasteiger partial charge on any atom is 0.339 e. The number of aromatic nitrogens is 1. The summed E-state index contributed by atoms with van der Waals surface area (Å²) in [7, 11) is 1.33. The zero-order chi connectivity index (χ0) is 9.14. The maximum absolute atomic E-state index is 10.5. The first-order chi connectivity index (χ1) is 5.65. The predicted molar refractivity (Wildman–Crippen MR) is 39.4 cm³/mol. The third kappa shape index (κ3) is 1.45. The van der Waals surface area contributed by atoms with E-state index in [1.807, 2.05) is 0 Å². The number of carboxylic acids is 1. The van der Waals surface area contributed by atoms with Crippen molar-refractivity contribution in [3.05, 3.63) is 17.8 Å². The average molecular weight is 169 g/mol. The number of hydrogen-bond acceptors (Lipinski definition) is 4. The number of aromatic carboxylic acids is 1. The fourth-order valence-electron chi connectivity index (χ4n) is 0.762. The minimum Gasteiger partial charge on any atom is -0.494 e. The topological polar surface area (TPSA) is 79.7 Å². The first kappa shape index (κ1) is 8.32. The van der Waals surface area contributed by atoms with Crippen LogP contribution < -0.4 is 4.74 Å². The van der Waals surface area contributed by atoms with E-state index in [4.69, 9.17) is 14.9 Å². The molecule has 5 nitrogen and oxygen atoms in total. The molecular formula is C7H7NO4. The van der Waals surface area contributed by atoms with Gasteiger partial charge in [-0.15, -0.1) is 0 Å². The van der Waals surface area contributed by atoms with Gasteiger partial charge >= 0.3 is 5.97 Å². The molecule has 0 aliphatic heterocycles. The van der Waals surface area contributed by atoms with Crippen LogP contribution >= 0.6 is 0 Å². The Morgan fingerprint density at radius 2 is 2.33 bits per heavy atom. The molecule has 12 heavy (non-hydrogen) atoms. The van der Waals surface area contributed by atoms with Crippen LogP contribution in [0.25, 0.3) is 0 Å². The Kier molecular flexibility index (Phi) is 2.14. The lowest BCUT2D eigenvalue weighted by atomic mass is 10.2. The minimum atomic E-state index is -1.16. The number of carbonyl (C=O) groups is 1. The van der Waals surface area contributed by atoms with Gasteiger partial charge < -0.3 is 14.9 Å². The summed E-state index contributed by atoms with van der Waals surface area (Å²) in [5, 5.41) is 17.5. The number of aromatic hydroxyl groups is 1. The molecule has 2 N–H and O–H groups in total. The molecule has 5 heteroatoms. The zero-order valence-electron chi connectivity index (χ0n) is 6.31. The number of carboxylic acid groups (broad SMARTS) is 1. The van der Waals surface area contributed by atoms with E-state index in [2.05, 4.69) is 4.98 Å². The predicted octanol–water partition coefficient (Wildman–Crippen LogP) is 0.494. The molecule has 1 rings (SSSR count). The second-order valence-corrected chi connectivity index (χ2v) is 2.05. The highest BCUT2D eigenvalue weighted by molar-refractivity contribution is 5.91. The Bertz CT molecular complexity index is 310. The van der Waals surface area contributed by atoms with Gasteiger partial charge in [-0.2, -0.15) is 0 Å². The summed E-state index contributed by atoms with van der Waals surface area (Å²) >= 11 is 0. The number of nitrogens with zero attached hydrogens (tertiary/aromatic N) is 1. The van der Waals surface area contributed by atoms with Crippen LogP contribution in [0.3, 0.4) is 0 Å². The van der Waals surface area contributed by atoms with Gasteiger partial charge in [-0.05, 0) is 0 Å². The maximum atomic E-state index is 10.5. The molecule has 0 aliphatic carbocycles. The molecule has 0 amide bonds. The Morgan fingerprint density at radius 3 is 2.83 bits per heavy atom. The molecule has 0 radical (unpaired) electrons. The average Bonchev–Trinajstić information content (AvgIpc) is 2.04. The lowest BCUT2D eigenvalue weighted by molar-refractivity contribution is 0.0692. The summed E-state index contributed by atoms with van der Waals surface area (Å²) in [6, 6.07) is 1.03. The summed E-state index contributed by atoms with van der Waals surface area (Å²) in [5.74, 6) is -1.38. The molecule has 0 aliphatic rings. The third-order valence-electron chi connectivity index (χ3n) is 1.30. The van der Waals surface area contributed by atoms with Gasteiger partial charge in [-0.3, -0.25) is 0 Å². The van der Waals surface area contributed by atoms with E-state index in [-0.39, 0.29) is 17.2 Å². The van der Waals surface area contributed by atoms with Gasteiger partial charge in [-0.1, -0.05) is 0 Å². The second kappa shape index (κ2) is 3.08. The highest BCUT2D eigenvalue weighted by atomic mass is 16.5. The first-order valence-electron chi connectivity index (χ1n) is 3.11. The van der Waals surface area contributed by atoms with Gasteiger partial charge in [0.25, 0.3) is 0 Å². The van der Waals surface area contributed by atoms with Crippen molar-refractivity contribution in [2.75, 3.05) is 7.11 Å². The molecule has 1 aromatic heterocycles. The van der Waals surface area contributed by atoms with Crippen molar-refractivity contribution in [1.29, 1.82) is 0 Å². The molecular weight excluding hydrogens is 162 g/mol. The van der Waals surface area contributed by atoms with Crippen molar-refractivity contribution in [2.45, 2.75) is 0 Å².